The van der Waals surface area contributed by atoms with Gasteiger partial charge in [-0.25, -0.2) is 4.79 Å². The molecule has 0 saturated heterocycles. The highest BCUT2D eigenvalue weighted by atomic mass is 16.6. The third-order valence-corrected chi connectivity index (χ3v) is 14.8. The molecule has 6 rings (SSSR count). The molecule has 7 nitrogen and oxygen atoms in total. The molecule has 5 aliphatic carbocycles. The fourth-order valence-electron chi connectivity index (χ4n) is 12.1. The lowest BCUT2D eigenvalue weighted by Crippen LogP contribution is -2.67. The predicted molar refractivity (Wildman–Crippen MR) is 182 cm³/mol. The van der Waals surface area contributed by atoms with Crippen molar-refractivity contribution < 1.29 is 34.4 Å². The zero-order chi connectivity index (χ0) is 34.4. The minimum Gasteiger partial charge on any atom is -0.504 e. The van der Waals surface area contributed by atoms with Crippen LogP contribution >= 0.6 is 0 Å². The van der Waals surface area contributed by atoms with Crippen LogP contribution in [-0.4, -0.2) is 46.6 Å². The van der Waals surface area contributed by atoms with Gasteiger partial charge in [0, 0.05) is 11.5 Å². The molecule has 4 fully saturated rings. The topological polar surface area (TPSA) is 113 Å². The second-order valence-electron chi connectivity index (χ2n) is 17.9. The monoisotopic (exact) mass is 648 g/mol. The summed E-state index contributed by atoms with van der Waals surface area (Å²) < 4.78 is 11.3. The molecule has 9 atom stereocenters. The van der Waals surface area contributed by atoms with Gasteiger partial charge in [0.2, 0.25) is 0 Å². The van der Waals surface area contributed by atoms with Crippen molar-refractivity contribution in [1.29, 1.82) is 0 Å². The number of fused-ring (bicyclic) bond motifs is 7. The predicted octanol–water partition coefficient (Wildman–Crippen LogP) is 8.18. The maximum atomic E-state index is 13.1. The Kier molecular flexibility index (Phi) is 8.06. The molecular weight excluding hydrogens is 592 g/mol. The van der Waals surface area contributed by atoms with E-state index in [1.165, 1.54) is 24.8 Å². The molecule has 0 aliphatic heterocycles. The molecule has 47 heavy (non-hydrogen) atoms. The van der Waals surface area contributed by atoms with Crippen molar-refractivity contribution in [2.75, 3.05) is 7.11 Å². The summed E-state index contributed by atoms with van der Waals surface area (Å²) >= 11 is 0. The number of phenolic OH excluding ortho intramolecular Hbond substituents is 1. The number of aliphatic hydroxyl groups excluding tert-OH is 1. The minimum absolute atomic E-state index is 0.0260. The molecule has 1 aromatic carbocycles. The Morgan fingerprint density at radius 2 is 1.64 bits per heavy atom. The van der Waals surface area contributed by atoms with Gasteiger partial charge in [-0.1, -0.05) is 66.2 Å². The SMILES string of the molecule is COc1cc(/C=C/C(=O)O[C@H]2[C@H](O)C[C@@]3(C)C(CC[C@]4(C)C3CC=C3C5CC(C)(C)CC[C@]5(C(=O)O)CC[C@]34C)C2(C)C)ccc1O. The van der Waals surface area contributed by atoms with Crippen LogP contribution < -0.4 is 4.74 Å². The number of methoxy groups -OCH3 is 1. The summed E-state index contributed by atoms with van der Waals surface area (Å²) in [5.41, 5.74) is 0.812. The van der Waals surface area contributed by atoms with E-state index in [2.05, 4.69) is 54.5 Å². The number of hydrogen-bond donors (Lipinski definition) is 3. The van der Waals surface area contributed by atoms with Crippen LogP contribution in [0.3, 0.4) is 0 Å². The summed E-state index contributed by atoms with van der Waals surface area (Å²) in [5, 5.41) is 32.3. The maximum absolute atomic E-state index is 13.1. The Morgan fingerprint density at radius 3 is 2.32 bits per heavy atom. The summed E-state index contributed by atoms with van der Waals surface area (Å²) in [6.45, 7) is 16.2. The van der Waals surface area contributed by atoms with Crippen LogP contribution in [0.15, 0.2) is 35.9 Å². The van der Waals surface area contributed by atoms with Gasteiger partial charge in [-0.05, 0) is 121 Å². The highest BCUT2D eigenvalue weighted by molar-refractivity contribution is 5.87. The smallest absolute Gasteiger partial charge is 0.331 e. The molecule has 4 saturated carbocycles. The van der Waals surface area contributed by atoms with Gasteiger partial charge in [-0.3, -0.25) is 4.79 Å². The van der Waals surface area contributed by atoms with Crippen LogP contribution in [0.5, 0.6) is 11.5 Å². The lowest BCUT2D eigenvalue weighted by Gasteiger charge is -2.71. The Labute approximate surface area is 280 Å². The first-order chi connectivity index (χ1) is 21.8. The molecule has 5 aliphatic rings. The fraction of sp³-hybridized carbons (Fsp3) is 0.700. The van der Waals surface area contributed by atoms with Crippen LogP contribution in [0.1, 0.15) is 112 Å². The number of carbonyl (C=O) groups is 2. The average molecular weight is 649 g/mol. The number of hydrogen-bond acceptors (Lipinski definition) is 6. The van der Waals surface area contributed by atoms with Crippen molar-refractivity contribution in [2.24, 2.45) is 50.2 Å². The Morgan fingerprint density at radius 1 is 0.936 bits per heavy atom. The number of aliphatic carboxylic acids is 1. The summed E-state index contributed by atoms with van der Waals surface area (Å²) in [4.78, 5) is 26.1. The normalized spacial score (nSPS) is 41.8. The number of aliphatic hydroxyl groups is 1. The highest BCUT2D eigenvalue weighted by Gasteiger charge is 2.70. The van der Waals surface area contributed by atoms with Crippen LogP contribution in [0.4, 0.5) is 0 Å². The zero-order valence-corrected chi connectivity index (χ0v) is 29.7. The first-order valence-electron chi connectivity index (χ1n) is 17.7. The van der Waals surface area contributed by atoms with Crippen molar-refractivity contribution in [2.45, 2.75) is 118 Å². The molecular formula is C40H56O7. The fourth-order valence-corrected chi connectivity index (χ4v) is 12.1. The van der Waals surface area contributed by atoms with E-state index in [9.17, 15) is 24.9 Å². The number of allylic oxidation sites excluding steroid dienone is 2. The van der Waals surface area contributed by atoms with E-state index in [0.717, 1.165) is 51.4 Å². The number of ether oxygens (including phenoxy) is 2. The number of phenols is 1. The van der Waals surface area contributed by atoms with E-state index >= 15 is 0 Å². The van der Waals surface area contributed by atoms with Gasteiger partial charge in [0.25, 0.3) is 0 Å². The van der Waals surface area contributed by atoms with E-state index in [4.69, 9.17) is 9.47 Å². The molecule has 1 aromatic rings. The van der Waals surface area contributed by atoms with Gasteiger partial charge < -0.3 is 24.8 Å². The molecule has 3 unspecified atom stereocenters. The number of aromatic hydroxyl groups is 1. The van der Waals surface area contributed by atoms with Crippen LogP contribution in [0, 0.1) is 50.2 Å². The van der Waals surface area contributed by atoms with Crippen molar-refractivity contribution >= 4 is 18.0 Å². The first-order valence-corrected chi connectivity index (χ1v) is 17.7. The second kappa shape index (κ2) is 11.1. The lowest BCUT2D eigenvalue weighted by atomic mass is 9.33. The molecule has 0 heterocycles. The highest BCUT2D eigenvalue weighted by Crippen LogP contribution is 2.75. The van der Waals surface area contributed by atoms with Gasteiger partial charge in [0.05, 0.1) is 18.6 Å². The van der Waals surface area contributed by atoms with Crippen molar-refractivity contribution in [1.82, 2.24) is 0 Å². The van der Waals surface area contributed by atoms with Crippen LogP contribution in [0.25, 0.3) is 6.08 Å². The Balaban J connectivity index is 1.27. The minimum atomic E-state index is -0.803. The van der Waals surface area contributed by atoms with Crippen molar-refractivity contribution in [3.63, 3.8) is 0 Å². The number of esters is 1. The van der Waals surface area contributed by atoms with E-state index < -0.39 is 35.0 Å². The molecule has 0 spiro atoms. The maximum Gasteiger partial charge on any atom is 0.331 e. The standard InChI is InChI=1S/C40H56O7/c1-35(2)17-19-40(34(44)45)20-18-38(6)25(26(40)22-35)11-13-31-37(5)23-28(42)33(36(3,4)30(37)15-16-39(31,38)7)47-32(43)14-10-24-9-12-27(41)29(21-24)46-8/h9-12,14,21,26,28,30-31,33,41-42H,13,15-20,22-23H2,1-8H3,(H,44,45)/b14-10+/t26?,28-,30?,31?,33+,37+,38-,39-,40+/m1/s1. The molecule has 7 heteroatoms. The third kappa shape index (κ3) is 4.99. The second-order valence-corrected chi connectivity index (χ2v) is 17.9. The van der Waals surface area contributed by atoms with Gasteiger partial charge in [-0.2, -0.15) is 0 Å². The molecule has 258 valence electrons. The summed E-state index contributed by atoms with van der Waals surface area (Å²) in [7, 11) is 1.48. The van der Waals surface area contributed by atoms with Gasteiger partial charge in [0.15, 0.2) is 11.5 Å². The number of carboxylic acids is 1. The molecule has 0 bridgehead atoms. The quantitative estimate of drug-likeness (QED) is 0.168. The summed E-state index contributed by atoms with van der Waals surface area (Å²) in [6, 6.07) is 4.86. The Bertz CT molecular complexity index is 1510. The van der Waals surface area contributed by atoms with Crippen molar-refractivity contribution in [3.05, 3.63) is 41.5 Å². The van der Waals surface area contributed by atoms with E-state index in [1.54, 1.807) is 18.2 Å². The van der Waals surface area contributed by atoms with E-state index in [0.29, 0.717) is 23.7 Å². The summed E-state index contributed by atoms with van der Waals surface area (Å²) in [6.07, 6.45) is 11.7. The number of rotatable bonds is 5. The zero-order valence-electron chi connectivity index (χ0n) is 29.7. The molecule has 0 amide bonds. The van der Waals surface area contributed by atoms with Gasteiger partial charge >= 0.3 is 11.9 Å². The largest absolute Gasteiger partial charge is 0.504 e. The van der Waals surface area contributed by atoms with E-state index in [-0.39, 0.29) is 39.2 Å². The molecule has 0 radical (unpaired) electrons. The van der Waals surface area contributed by atoms with Crippen LogP contribution in [-0.2, 0) is 14.3 Å². The average Bonchev–Trinajstić information content (AvgIpc) is 2.98. The van der Waals surface area contributed by atoms with E-state index in [1.807, 2.05) is 0 Å². The number of carbonyl (C=O) groups excluding carboxylic acids is 1. The van der Waals surface area contributed by atoms with Crippen LogP contribution in [0.2, 0.25) is 0 Å². The number of benzene rings is 1. The third-order valence-electron chi connectivity index (χ3n) is 14.8. The number of carboxylic acid groups (broad SMARTS) is 1. The first kappa shape index (κ1) is 34.1. The summed E-state index contributed by atoms with van der Waals surface area (Å²) in [5.74, 6) is -0.128. The van der Waals surface area contributed by atoms with Gasteiger partial charge in [0.1, 0.15) is 6.10 Å². The Hall–Kier alpha value is -2.80. The molecule has 0 aromatic heterocycles. The molecule has 3 N–H and O–H groups in total. The van der Waals surface area contributed by atoms with Gasteiger partial charge in [-0.15, -0.1) is 0 Å². The lowest BCUT2D eigenvalue weighted by molar-refractivity contribution is -0.238. The van der Waals surface area contributed by atoms with Crippen molar-refractivity contribution in [3.8, 4) is 11.5 Å².